The third-order valence-electron chi connectivity index (χ3n) is 6.53. The molecule has 5 rings (SSSR count). The number of pyridine rings is 1. The van der Waals surface area contributed by atoms with E-state index in [1.807, 2.05) is 0 Å². The number of anilines is 1. The van der Waals surface area contributed by atoms with Crippen molar-refractivity contribution in [1.29, 1.82) is 0 Å². The summed E-state index contributed by atoms with van der Waals surface area (Å²) < 4.78 is 55.9. The fourth-order valence-corrected chi connectivity index (χ4v) is 5.87. The van der Waals surface area contributed by atoms with Gasteiger partial charge in [-0.1, -0.05) is 34.4 Å². The zero-order chi connectivity index (χ0) is 28.7. The first-order valence-corrected chi connectivity index (χ1v) is 14.2. The molecule has 0 radical (unpaired) electrons. The van der Waals surface area contributed by atoms with E-state index in [1.165, 1.54) is 18.3 Å². The highest BCUT2D eigenvalue weighted by atomic mass is 35.5. The van der Waals surface area contributed by atoms with Crippen molar-refractivity contribution in [2.24, 2.45) is 0 Å². The maximum absolute atomic E-state index is 12.9. The smallest absolute Gasteiger partial charge is 0.416 e. The Morgan fingerprint density at radius 2 is 1.80 bits per heavy atom. The topological polar surface area (TPSA) is 104 Å². The Hall–Kier alpha value is -3.12. The molecule has 1 fully saturated rings. The van der Waals surface area contributed by atoms with E-state index in [1.54, 1.807) is 31.2 Å². The largest absolute Gasteiger partial charge is 0.610 e. The van der Waals surface area contributed by atoms with Gasteiger partial charge in [-0.2, -0.15) is 18.2 Å². The van der Waals surface area contributed by atoms with Crippen molar-refractivity contribution >= 4 is 46.0 Å². The van der Waals surface area contributed by atoms with Crippen LogP contribution in [0.4, 0.5) is 18.9 Å². The summed E-state index contributed by atoms with van der Waals surface area (Å²) in [5.41, 5.74) is 0.491. The number of aromatic nitrogens is 3. The number of carbonyl (C=O) groups excluding carboxylic acids is 1. The van der Waals surface area contributed by atoms with E-state index in [9.17, 15) is 22.5 Å². The van der Waals surface area contributed by atoms with Crippen LogP contribution >= 0.6 is 23.2 Å². The van der Waals surface area contributed by atoms with Crippen LogP contribution in [0.15, 0.2) is 64.3 Å². The van der Waals surface area contributed by atoms with Gasteiger partial charge in [0.15, 0.2) is 5.82 Å². The van der Waals surface area contributed by atoms with Crippen LogP contribution in [0.5, 0.6) is 0 Å². The fraction of sp³-hybridized carbons (Fsp3) is 0.259. The van der Waals surface area contributed by atoms with Crippen LogP contribution in [-0.2, 0) is 34.0 Å². The predicted molar refractivity (Wildman–Crippen MR) is 145 cm³/mol. The molecular formula is C27H21Cl2F3N4O3S. The molecule has 40 heavy (non-hydrogen) atoms. The zero-order valence-electron chi connectivity index (χ0n) is 20.9. The van der Waals surface area contributed by atoms with Gasteiger partial charge in [-0.05, 0) is 61.7 Å². The Balaban J connectivity index is 1.31. The quantitative estimate of drug-likeness (QED) is 0.219. The van der Waals surface area contributed by atoms with Crippen LogP contribution < -0.4 is 5.32 Å². The van der Waals surface area contributed by atoms with Crippen molar-refractivity contribution in [2.75, 3.05) is 11.1 Å². The first-order valence-electron chi connectivity index (χ1n) is 12.1. The van der Waals surface area contributed by atoms with Crippen molar-refractivity contribution in [2.45, 2.75) is 42.8 Å². The molecule has 1 amide bonds. The Morgan fingerprint density at radius 3 is 2.35 bits per heavy atom. The molecule has 1 unspecified atom stereocenters. The van der Waals surface area contributed by atoms with E-state index < -0.39 is 28.3 Å². The number of hydrogen-bond acceptors (Lipinski definition) is 6. The van der Waals surface area contributed by atoms with Crippen LogP contribution in [-0.4, -0.2) is 31.3 Å². The molecule has 2 heterocycles. The van der Waals surface area contributed by atoms with Gasteiger partial charge in [-0.3, -0.25) is 4.79 Å². The molecule has 2 aromatic heterocycles. The number of carbonyl (C=O) groups is 1. The third-order valence-corrected chi connectivity index (χ3v) is 8.35. The number of rotatable bonds is 8. The number of nitrogens with one attached hydrogen (secondary N) is 1. The molecular weight excluding hydrogens is 588 g/mol. The molecule has 4 aromatic rings. The molecule has 208 valence electrons. The molecule has 2 aromatic carbocycles. The molecule has 7 nitrogen and oxygen atoms in total. The van der Waals surface area contributed by atoms with Gasteiger partial charge in [0.05, 0.1) is 17.4 Å². The van der Waals surface area contributed by atoms with E-state index in [2.05, 4.69) is 20.4 Å². The average Bonchev–Trinajstić information content (AvgIpc) is 3.53. The van der Waals surface area contributed by atoms with Crippen molar-refractivity contribution in [3.05, 3.63) is 87.3 Å². The molecule has 13 heteroatoms. The first-order chi connectivity index (χ1) is 19.0. The highest BCUT2D eigenvalue weighted by molar-refractivity contribution is 7.91. The van der Waals surface area contributed by atoms with Gasteiger partial charge in [0.25, 0.3) is 5.89 Å². The summed E-state index contributed by atoms with van der Waals surface area (Å²) in [4.78, 5) is 21.2. The molecule has 1 saturated carbocycles. The monoisotopic (exact) mass is 608 g/mol. The lowest BCUT2D eigenvalue weighted by atomic mass is 9.94. The van der Waals surface area contributed by atoms with Gasteiger partial charge in [0.2, 0.25) is 10.9 Å². The summed E-state index contributed by atoms with van der Waals surface area (Å²) in [5, 5.41) is 7.91. The van der Waals surface area contributed by atoms with Crippen molar-refractivity contribution < 1.29 is 27.0 Å². The average molecular weight is 609 g/mol. The van der Waals surface area contributed by atoms with Crippen molar-refractivity contribution in [3.63, 3.8) is 0 Å². The maximum Gasteiger partial charge on any atom is 0.416 e. The Morgan fingerprint density at radius 1 is 1.12 bits per heavy atom. The summed E-state index contributed by atoms with van der Waals surface area (Å²) >= 11 is 12.1. The van der Waals surface area contributed by atoms with E-state index in [4.69, 9.17) is 27.7 Å². The van der Waals surface area contributed by atoms with Gasteiger partial charge in [-0.15, -0.1) is 0 Å². The number of halogens is 5. The van der Waals surface area contributed by atoms with Gasteiger partial charge in [0.1, 0.15) is 5.75 Å². The molecule has 1 aliphatic rings. The maximum atomic E-state index is 12.9. The summed E-state index contributed by atoms with van der Waals surface area (Å²) in [6, 6.07) is 11.0. The molecule has 0 bridgehead atoms. The summed E-state index contributed by atoms with van der Waals surface area (Å²) in [7, 11) is 0. The highest BCUT2D eigenvalue weighted by Crippen LogP contribution is 2.57. The van der Waals surface area contributed by atoms with E-state index in [-0.39, 0.29) is 18.2 Å². The van der Waals surface area contributed by atoms with Gasteiger partial charge in [-0.25, -0.2) is 4.98 Å². The van der Waals surface area contributed by atoms with Crippen LogP contribution in [0, 0.1) is 0 Å². The van der Waals surface area contributed by atoms with Crippen molar-refractivity contribution in [1.82, 2.24) is 15.1 Å². The third kappa shape index (κ3) is 5.83. The summed E-state index contributed by atoms with van der Waals surface area (Å²) in [5.74, 6) is 0.544. The highest BCUT2D eigenvalue weighted by Gasteiger charge is 2.52. The standard InChI is InChI=1S/C27H21Cl2F3N4O3S/c1-2-40(38)22-8-3-15(14-33-22)11-21(37)34-18-12-19(28)23(20(29)13-18)26(9-10-26)25-35-24(39-36-25)16-4-6-17(7-5-16)27(30,31)32/h3-8,12-14H,2,9-11H2,1H3,(H,34,37). The predicted octanol–water partition coefficient (Wildman–Crippen LogP) is 6.85. The second-order valence-electron chi connectivity index (χ2n) is 9.26. The van der Waals surface area contributed by atoms with E-state index >= 15 is 0 Å². The number of hydrogen-bond donors (Lipinski definition) is 1. The zero-order valence-corrected chi connectivity index (χ0v) is 23.2. The van der Waals surface area contributed by atoms with Crippen LogP contribution in [0.3, 0.4) is 0 Å². The minimum Gasteiger partial charge on any atom is -0.610 e. The number of nitrogens with zero attached hydrogens (tertiary/aromatic N) is 3. The van der Waals surface area contributed by atoms with Gasteiger partial charge < -0.3 is 14.4 Å². The van der Waals surface area contributed by atoms with Crippen LogP contribution in [0.1, 0.15) is 42.3 Å². The lowest BCUT2D eigenvalue weighted by Crippen LogP contribution is -2.16. The lowest BCUT2D eigenvalue weighted by Gasteiger charge is -2.17. The van der Waals surface area contributed by atoms with Crippen LogP contribution in [0.2, 0.25) is 10.0 Å². The Labute approximate surface area is 240 Å². The van der Waals surface area contributed by atoms with Gasteiger partial charge in [0, 0.05) is 50.3 Å². The molecule has 1 aliphatic carbocycles. The fourth-order valence-electron chi connectivity index (χ4n) is 4.34. The summed E-state index contributed by atoms with van der Waals surface area (Å²) in [6.07, 6.45) is -1.61. The van der Waals surface area contributed by atoms with Crippen molar-refractivity contribution in [3.8, 4) is 11.5 Å². The molecule has 0 saturated heterocycles. The second-order valence-corrected chi connectivity index (χ2v) is 11.8. The molecule has 0 spiro atoms. The molecule has 0 aliphatic heterocycles. The normalized spacial score (nSPS) is 15.1. The van der Waals surface area contributed by atoms with E-state index in [0.29, 0.717) is 61.9 Å². The Bertz CT molecular complexity index is 1520. The van der Waals surface area contributed by atoms with E-state index in [0.717, 1.165) is 12.1 Å². The number of alkyl halides is 3. The lowest BCUT2D eigenvalue weighted by molar-refractivity contribution is -0.137. The van der Waals surface area contributed by atoms with Gasteiger partial charge >= 0.3 is 6.18 Å². The number of benzene rings is 2. The number of amides is 1. The molecule has 1 atom stereocenters. The first kappa shape index (κ1) is 28.4. The molecule has 1 N–H and O–H groups in total. The minimum absolute atomic E-state index is 0.0442. The minimum atomic E-state index is -4.45. The second kappa shape index (κ2) is 11.0. The van der Waals surface area contributed by atoms with Crippen LogP contribution in [0.25, 0.3) is 11.5 Å². The SMILES string of the molecule is CC[S+]([O-])c1ccc(CC(=O)Nc2cc(Cl)c(C3(c4noc(-c5ccc(C(F)(F)F)cc5)n4)CC3)c(Cl)c2)cn1. The summed E-state index contributed by atoms with van der Waals surface area (Å²) in [6.45, 7) is 1.80. The Kier molecular flexibility index (Phi) is 7.84.